The van der Waals surface area contributed by atoms with E-state index < -0.39 is 0 Å². The van der Waals surface area contributed by atoms with E-state index in [1.807, 2.05) is 24.1 Å². The third-order valence-corrected chi connectivity index (χ3v) is 6.93. The summed E-state index contributed by atoms with van der Waals surface area (Å²) in [5, 5.41) is 4.12. The van der Waals surface area contributed by atoms with Crippen LogP contribution < -0.4 is 5.32 Å². The Hall–Kier alpha value is -0.960. The number of nitrogens with zero attached hydrogens (tertiary/aromatic N) is 3. The first-order valence-electron chi connectivity index (χ1n) is 10.00. The largest absolute Gasteiger partial charge is 0.356 e. The maximum Gasteiger partial charge on any atom is 0.223 e. The van der Waals surface area contributed by atoms with Crippen LogP contribution in [0.1, 0.15) is 37.8 Å². The van der Waals surface area contributed by atoms with Crippen LogP contribution in [-0.4, -0.2) is 59.4 Å². The van der Waals surface area contributed by atoms with Crippen LogP contribution in [0.2, 0.25) is 0 Å². The molecule has 2 aliphatic rings. The van der Waals surface area contributed by atoms with Crippen molar-refractivity contribution >= 4 is 47.6 Å². The van der Waals surface area contributed by atoms with Crippen LogP contribution in [0.25, 0.3) is 0 Å². The average molecular weight is 516 g/mol. The van der Waals surface area contributed by atoms with E-state index in [1.54, 1.807) is 0 Å². The molecular formula is C21H33IN4OS. The summed E-state index contributed by atoms with van der Waals surface area (Å²) in [4.78, 5) is 21.3. The van der Waals surface area contributed by atoms with Crippen molar-refractivity contribution < 1.29 is 4.79 Å². The van der Waals surface area contributed by atoms with Gasteiger partial charge >= 0.3 is 0 Å². The highest BCUT2D eigenvalue weighted by Crippen LogP contribution is 2.25. The van der Waals surface area contributed by atoms with Gasteiger partial charge in [-0.1, -0.05) is 38.1 Å². The molecule has 0 radical (unpaired) electrons. The molecule has 1 N–H and O–H groups in total. The third kappa shape index (κ3) is 6.02. The van der Waals surface area contributed by atoms with E-state index in [0.29, 0.717) is 17.6 Å². The molecule has 1 atom stereocenters. The zero-order valence-electron chi connectivity index (χ0n) is 17.2. The maximum atomic E-state index is 12.5. The number of fused-ring (bicyclic) bond motifs is 1. The maximum absolute atomic E-state index is 12.5. The minimum absolute atomic E-state index is 0. The first-order valence-corrected chi connectivity index (χ1v) is 11.0. The number of benzene rings is 1. The number of carbonyl (C=O) groups is 1. The fourth-order valence-electron chi connectivity index (χ4n) is 3.71. The lowest BCUT2D eigenvalue weighted by Crippen LogP contribution is -2.49. The molecule has 156 valence electrons. The van der Waals surface area contributed by atoms with E-state index in [4.69, 9.17) is 0 Å². The van der Waals surface area contributed by atoms with Gasteiger partial charge in [0.1, 0.15) is 0 Å². The number of rotatable bonds is 5. The molecule has 1 saturated heterocycles. The Balaban J connectivity index is 0.00000280. The first-order chi connectivity index (χ1) is 13.1. The van der Waals surface area contributed by atoms with Crippen LogP contribution >= 0.6 is 35.7 Å². The zero-order chi connectivity index (χ0) is 19.2. The molecule has 1 amide bonds. The molecule has 2 aliphatic heterocycles. The van der Waals surface area contributed by atoms with Gasteiger partial charge in [-0.3, -0.25) is 9.79 Å². The highest BCUT2D eigenvalue weighted by atomic mass is 127. The average Bonchev–Trinajstić information content (AvgIpc) is 3.12. The predicted molar refractivity (Wildman–Crippen MR) is 129 cm³/mol. The van der Waals surface area contributed by atoms with E-state index in [1.165, 1.54) is 11.1 Å². The molecule has 1 aromatic carbocycles. The molecule has 1 aromatic rings. The first kappa shape index (κ1) is 23.3. The van der Waals surface area contributed by atoms with Gasteiger partial charge in [-0.2, -0.15) is 11.8 Å². The monoisotopic (exact) mass is 516 g/mol. The van der Waals surface area contributed by atoms with Crippen molar-refractivity contribution in [2.75, 3.05) is 32.4 Å². The Labute approximate surface area is 190 Å². The Bertz CT molecular complexity index is 657. The van der Waals surface area contributed by atoms with Crippen LogP contribution in [0.4, 0.5) is 0 Å². The van der Waals surface area contributed by atoms with Crippen LogP contribution in [0.15, 0.2) is 29.3 Å². The van der Waals surface area contributed by atoms with Gasteiger partial charge in [0.2, 0.25) is 5.91 Å². The number of nitrogens with one attached hydrogen (secondary N) is 1. The van der Waals surface area contributed by atoms with Gasteiger partial charge in [-0.15, -0.1) is 24.0 Å². The van der Waals surface area contributed by atoms with E-state index in [0.717, 1.165) is 50.9 Å². The molecule has 2 heterocycles. The molecule has 5 nitrogen and oxygen atoms in total. The van der Waals surface area contributed by atoms with Crippen molar-refractivity contribution in [3.8, 4) is 0 Å². The Kier molecular flexibility index (Phi) is 9.40. The fourth-order valence-corrected chi connectivity index (χ4v) is 5.01. The lowest BCUT2D eigenvalue weighted by molar-refractivity contribution is -0.131. The summed E-state index contributed by atoms with van der Waals surface area (Å²) in [6.07, 6.45) is 1.42. The molecule has 1 fully saturated rings. The van der Waals surface area contributed by atoms with Gasteiger partial charge in [0, 0.05) is 57.2 Å². The number of amides is 1. The van der Waals surface area contributed by atoms with E-state index in [2.05, 4.69) is 53.0 Å². The molecule has 7 heteroatoms. The fraction of sp³-hybridized carbons (Fsp3) is 0.619. The van der Waals surface area contributed by atoms with E-state index in [9.17, 15) is 4.79 Å². The second-order valence-electron chi connectivity index (χ2n) is 7.70. The van der Waals surface area contributed by atoms with Crippen LogP contribution in [0.5, 0.6) is 0 Å². The Morgan fingerprint density at radius 3 is 2.54 bits per heavy atom. The van der Waals surface area contributed by atoms with Crippen molar-refractivity contribution in [2.45, 2.75) is 45.0 Å². The number of hydrogen-bond donors (Lipinski definition) is 1. The lowest BCUT2D eigenvalue weighted by atomic mass is 10.1. The number of carbonyl (C=O) groups excluding carboxylic acids is 1. The van der Waals surface area contributed by atoms with Gasteiger partial charge in [0.15, 0.2) is 5.96 Å². The topological polar surface area (TPSA) is 47.9 Å². The quantitative estimate of drug-likeness (QED) is 0.282. The summed E-state index contributed by atoms with van der Waals surface area (Å²) < 4.78 is 0. The van der Waals surface area contributed by atoms with Crippen LogP contribution in [0.3, 0.4) is 0 Å². The standard InChI is InChI=1S/C21H32N4OS.HI/c1-16(2)19-15-24(11-12-27-19)21(22-3)23-10-6-9-20(26)25-13-17-7-4-5-8-18(17)14-25;/h4-5,7-8,16,19H,6,9-15H2,1-3H3,(H,22,23);1H. The van der Waals surface area contributed by atoms with E-state index >= 15 is 0 Å². The molecule has 0 spiro atoms. The third-order valence-electron chi connectivity index (χ3n) is 5.39. The van der Waals surface area contributed by atoms with Crippen LogP contribution in [-0.2, 0) is 17.9 Å². The molecule has 3 rings (SSSR count). The highest BCUT2D eigenvalue weighted by Gasteiger charge is 2.25. The molecule has 0 aromatic heterocycles. The second kappa shape index (κ2) is 11.3. The van der Waals surface area contributed by atoms with Gasteiger partial charge in [0.25, 0.3) is 0 Å². The van der Waals surface area contributed by atoms with Gasteiger partial charge in [0.05, 0.1) is 0 Å². The normalized spacial score (nSPS) is 19.4. The van der Waals surface area contributed by atoms with Crippen molar-refractivity contribution in [3.05, 3.63) is 35.4 Å². The summed E-state index contributed by atoms with van der Waals surface area (Å²) in [7, 11) is 1.85. The predicted octanol–water partition coefficient (Wildman–Crippen LogP) is 3.58. The van der Waals surface area contributed by atoms with Crippen molar-refractivity contribution in [2.24, 2.45) is 10.9 Å². The highest BCUT2D eigenvalue weighted by molar-refractivity contribution is 14.0. The summed E-state index contributed by atoms with van der Waals surface area (Å²) >= 11 is 2.07. The van der Waals surface area contributed by atoms with Crippen molar-refractivity contribution in [3.63, 3.8) is 0 Å². The Morgan fingerprint density at radius 1 is 1.25 bits per heavy atom. The number of thioether (sulfide) groups is 1. The summed E-state index contributed by atoms with van der Waals surface area (Å²) in [5.41, 5.74) is 2.57. The molecule has 0 aliphatic carbocycles. The summed E-state index contributed by atoms with van der Waals surface area (Å²) in [5.74, 6) is 3.05. The number of guanidine groups is 1. The number of hydrogen-bond acceptors (Lipinski definition) is 3. The Morgan fingerprint density at radius 2 is 1.93 bits per heavy atom. The zero-order valence-corrected chi connectivity index (χ0v) is 20.3. The lowest BCUT2D eigenvalue weighted by Gasteiger charge is -2.36. The molecule has 1 unspecified atom stereocenters. The van der Waals surface area contributed by atoms with Gasteiger partial charge in [-0.05, 0) is 23.5 Å². The minimum Gasteiger partial charge on any atom is -0.356 e. The van der Waals surface area contributed by atoms with Gasteiger partial charge < -0.3 is 15.1 Å². The van der Waals surface area contributed by atoms with Crippen molar-refractivity contribution in [1.82, 2.24) is 15.1 Å². The summed E-state index contributed by atoms with van der Waals surface area (Å²) in [6, 6.07) is 8.33. The number of aliphatic imine (C=N–C) groups is 1. The van der Waals surface area contributed by atoms with E-state index in [-0.39, 0.29) is 29.9 Å². The second-order valence-corrected chi connectivity index (χ2v) is 9.04. The minimum atomic E-state index is 0. The molecule has 0 bridgehead atoms. The smallest absolute Gasteiger partial charge is 0.223 e. The molecule has 28 heavy (non-hydrogen) atoms. The summed E-state index contributed by atoms with van der Waals surface area (Å²) in [6.45, 7) is 8.97. The van der Waals surface area contributed by atoms with Gasteiger partial charge in [-0.25, -0.2) is 0 Å². The van der Waals surface area contributed by atoms with Crippen molar-refractivity contribution in [1.29, 1.82) is 0 Å². The molecular weight excluding hydrogens is 483 g/mol. The SMILES string of the molecule is CN=C(NCCCC(=O)N1Cc2ccccc2C1)N1CCSC(C(C)C)C1.I. The van der Waals surface area contributed by atoms with Crippen LogP contribution in [0, 0.1) is 5.92 Å². The number of halogens is 1. The molecule has 0 saturated carbocycles.